The van der Waals surface area contributed by atoms with E-state index in [0.717, 1.165) is 0 Å². The molecule has 0 spiro atoms. The number of furan rings is 1. The Kier molecular flexibility index (Phi) is 2.60. The number of ketones is 1. The van der Waals surface area contributed by atoms with Crippen LogP contribution in [-0.4, -0.2) is 5.78 Å². The van der Waals surface area contributed by atoms with E-state index in [1.54, 1.807) is 32.0 Å². The molecule has 1 aromatic heterocycles. The smallest absolute Gasteiger partial charge is 0.196 e. The summed E-state index contributed by atoms with van der Waals surface area (Å²) in [6.45, 7) is 3.41. The van der Waals surface area contributed by atoms with Crippen LogP contribution in [0.15, 0.2) is 34.9 Å². The van der Waals surface area contributed by atoms with Gasteiger partial charge in [-0.2, -0.15) is 0 Å². The van der Waals surface area contributed by atoms with Crippen LogP contribution in [0.4, 0.5) is 4.39 Å². The van der Waals surface area contributed by atoms with Gasteiger partial charge in [0.25, 0.3) is 0 Å². The molecule has 1 heterocycles. The van der Waals surface area contributed by atoms with Gasteiger partial charge in [0, 0.05) is 5.56 Å². The Morgan fingerprint density at radius 3 is 2.50 bits per heavy atom. The van der Waals surface area contributed by atoms with E-state index in [2.05, 4.69) is 0 Å². The number of carbonyl (C=O) groups is 1. The number of aryl methyl sites for hydroxylation is 2. The molecule has 0 amide bonds. The molecule has 0 aliphatic heterocycles. The zero-order chi connectivity index (χ0) is 11.7. The molecular formula is C13H11FO2. The molecule has 3 heteroatoms. The second kappa shape index (κ2) is 3.93. The molecule has 0 fully saturated rings. The number of rotatable bonds is 2. The van der Waals surface area contributed by atoms with Crippen molar-refractivity contribution in [3.8, 4) is 0 Å². The maximum absolute atomic E-state index is 13.3. The minimum atomic E-state index is -0.369. The lowest BCUT2D eigenvalue weighted by molar-refractivity contribution is 0.103. The van der Waals surface area contributed by atoms with Gasteiger partial charge in [-0.1, -0.05) is 12.1 Å². The third-order valence-corrected chi connectivity index (χ3v) is 2.43. The van der Waals surface area contributed by atoms with Crippen molar-refractivity contribution in [1.82, 2.24) is 0 Å². The second-order valence-corrected chi connectivity index (χ2v) is 3.74. The largest absolute Gasteiger partial charge is 0.469 e. The van der Waals surface area contributed by atoms with E-state index in [0.29, 0.717) is 22.5 Å². The molecule has 0 aliphatic carbocycles. The fourth-order valence-electron chi connectivity index (χ4n) is 1.46. The van der Waals surface area contributed by atoms with Crippen LogP contribution in [0.1, 0.15) is 27.2 Å². The van der Waals surface area contributed by atoms with Gasteiger partial charge in [-0.05, 0) is 31.5 Å². The molecule has 2 nitrogen and oxygen atoms in total. The van der Waals surface area contributed by atoms with Crippen LogP contribution >= 0.6 is 0 Å². The van der Waals surface area contributed by atoms with Crippen molar-refractivity contribution in [3.63, 3.8) is 0 Å². The van der Waals surface area contributed by atoms with Crippen LogP contribution in [0.2, 0.25) is 0 Å². The maximum atomic E-state index is 13.3. The Bertz CT molecular complexity index is 541. The minimum Gasteiger partial charge on any atom is -0.469 e. The molecule has 16 heavy (non-hydrogen) atoms. The summed E-state index contributed by atoms with van der Waals surface area (Å²) < 4.78 is 18.3. The molecule has 0 saturated heterocycles. The third-order valence-electron chi connectivity index (χ3n) is 2.43. The number of benzene rings is 1. The van der Waals surface area contributed by atoms with Crippen molar-refractivity contribution >= 4 is 5.78 Å². The molecule has 0 saturated carbocycles. The second-order valence-electron chi connectivity index (χ2n) is 3.74. The first-order valence-electron chi connectivity index (χ1n) is 4.94. The number of hydrogen-bond acceptors (Lipinski definition) is 2. The average Bonchev–Trinajstić information content (AvgIpc) is 2.68. The van der Waals surface area contributed by atoms with Gasteiger partial charge in [0.05, 0.1) is 5.56 Å². The lowest BCUT2D eigenvalue weighted by atomic mass is 10.0. The van der Waals surface area contributed by atoms with Gasteiger partial charge in [-0.15, -0.1) is 0 Å². The average molecular weight is 218 g/mol. The molecular weight excluding hydrogens is 207 g/mol. The van der Waals surface area contributed by atoms with Crippen LogP contribution in [0.3, 0.4) is 0 Å². The number of carbonyl (C=O) groups excluding carboxylic acids is 1. The predicted molar refractivity (Wildman–Crippen MR) is 58.0 cm³/mol. The Balaban J connectivity index is 2.38. The summed E-state index contributed by atoms with van der Waals surface area (Å²) >= 11 is 0. The Morgan fingerprint density at radius 1 is 1.19 bits per heavy atom. The van der Waals surface area contributed by atoms with Crippen molar-refractivity contribution in [2.45, 2.75) is 13.8 Å². The fraction of sp³-hybridized carbons (Fsp3) is 0.154. The molecule has 0 bridgehead atoms. The monoisotopic (exact) mass is 218 g/mol. The summed E-state index contributed by atoms with van der Waals surface area (Å²) in [4.78, 5) is 11.9. The summed E-state index contributed by atoms with van der Waals surface area (Å²) in [5.74, 6) is 0.0674. The van der Waals surface area contributed by atoms with E-state index >= 15 is 0 Å². The van der Waals surface area contributed by atoms with E-state index in [-0.39, 0.29) is 11.6 Å². The summed E-state index contributed by atoms with van der Waals surface area (Å²) in [6.07, 6.45) is 1.38. The molecule has 82 valence electrons. The lowest BCUT2D eigenvalue weighted by Crippen LogP contribution is -2.00. The first kappa shape index (κ1) is 10.6. The first-order chi connectivity index (χ1) is 7.58. The van der Waals surface area contributed by atoms with Crippen LogP contribution in [0.5, 0.6) is 0 Å². The van der Waals surface area contributed by atoms with Crippen molar-refractivity contribution in [3.05, 3.63) is 58.8 Å². The van der Waals surface area contributed by atoms with Crippen LogP contribution < -0.4 is 0 Å². The molecule has 0 unspecified atom stereocenters. The zero-order valence-electron chi connectivity index (χ0n) is 9.08. The van der Waals surface area contributed by atoms with E-state index in [1.165, 1.54) is 12.3 Å². The maximum Gasteiger partial charge on any atom is 0.196 e. The Labute approximate surface area is 92.7 Å². The highest BCUT2D eigenvalue weighted by Gasteiger charge is 2.12. The van der Waals surface area contributed by atoms with Crippen molar-refractivity contribution in [1.29, 1.82) is 0 Å². The third kappa shape index (κ3) is 1.89. The van der Waals surface area contributed by atoms with E-state index in [1.807, 2.05) is 0 Å². The van der Waals surface area contributed by atoms with Crippen LogP contribution in [-0.2, 0) is 0 Å². The topological polar surface area (TPSA) is 30.2 Å². The highest BCUT2D eigenvalue weighted by atomic mass is 19.1. The van der Waals surface area contributed by atoms with Gasteiger partial charge < -0.3 is 4.42 Å². The normalized spacial score (nSPS) is 10.4. The van der Waals surface area contributed by atoms with Gasteiger partial charge >= 0.3 is 0 Å². The Hall–Kier alpha value is -1.90. The SMILES string of the molecule is Cc1cc(C(=O)c2ccc(C)c(F)c2)co1. The van der Waals surface area contributed by atoms with Gasteiger partial charge in [0.15, 0.2) is 5.78 Å². The number of hydrogen-bond donors (Lipinski definition) is 0. The molecule has 0 atom stereocenters. The standard InChI is InChI=1S/C13H11FO2/c1-8-3-4-10(6-12(8)14)13(15)11-5-9(2)16-7-11/h3-7H,1-2H3. The highest BCUT2D eigenvalue weighted by molar-refractivity contribution is 6.08. The summed E-state index contributed by atoms with van der Waals surface area (Å²) in [5, 5.41) is 0. The quantitative estimate of drug-likeness (QED) is 0.724. The Morgan fingerprint density at radius 2 is 1.94 bits per heavy atom. The van der Waals surface area contributed by atoms with E-state index in [9.17, 15) is 9.18 Å². The summed E-state index contributed by atoms with van der Waals surface area (Å²) in [5.41, 5.74) is 1.31. The highest BCUT2D eigenvalue weighted by Crippen LogP contribution is 2.15. The summed E-state index contributed by atoms with van der Waals surface area (Å²) in [6, 6.07) is 6.10. The molecule has 2 rings (SSSR count). The predicted octanol–water partition coefficient (Wildman–Crippen LogP) is 3.27. The minimum absolute atomic E-state index is 0.226. The van der Waals surface area contributed by atoms with Gasteiger partial charge in [-0.3, -0.25) is 4.79 Å². The van der Waals surface area contributed by atoms with Gasteiger partial charge in [0.1, 0.15) is 17.8 Å². The zero-order valence-corrected chi connectivity index (χ0v) is 9.08. The van der Waals surface area contributed by atoms with Gasteiger partial charge in [0.2, 0.25) is 0 Å². The molecule has 1 aromatic carbocycles. The molecule has 2 aromatic rings. The van der Waals surface area contributed by atoms with Crippen LogP contribution in [0.25, 0.3) is 0 Å². The van der Waals surface area contributed by atoms with E-state index in [4.69, 9.17) is 4.42 Å². The lowest BCUT2D eigenvalue weighted by Gasteiger charge is -2.00. The first-order valence-corrected chi connectivity index (χ1v) is 4.94. The van der Waals surface area contributed by atoms with Crippen molar-refractivity contribution in [2.24, 2.45) is 0 Å². The summed E-state index contributed by atoms with van der Waals surface area (Å²) in [7, 11) is 0. The fourth-order valence-corrected chi connectivity index (χ4v) is 1.46. The van der Waals surface area contributed by atoms with E-state index < -0.39 is 0 Å². The molecule has 0 radical (unpaired) electrons. The van der Waals surface area contributed by atoms with Crippen molar-refractivity contribution in [2.75, 3.05) is 0 Å². The van der Waals surface area contributed by atoms with Crippen molar-refractivity contribution < 1.29 is 13.6 Å². The van der Waals surface area contributed by atoms with Crippen LogP contribution in [0, 0.1) is 19.7 Å². The number of halogens is 1. The molecule has 0 aliphatic rings. The molecule has 0 N–H and O–H groups in total. The van der Waals surface area contributed by atoms with Gasteiger partial charge in [-0.25, -0.2) is 4.39 Å².